The third-order valence-electron chi connectivity index (χ3n) is 5.73. The summed E-state index contributed by atoms with van der Waals surface area (Å²) < 4.78 is 5.34. The molecule has 3 rings (SSSR count). The van der Waals surface area contributed by atoms with Crippen LogP contribution in [0.2, 0.25) is 5.02 Å². The summed E-state index contributed by atoms with van der Waals surface area (Å²) in [5, 5.41) is 6.42. The minimum Gasteiger partial charge on any atom is -0.495 e. The number of piperidine rings is 1. The summed E-state index contributed by atoms with van der Waals surface area (Å²) >= 11 is 6.15. The van der Waals surface area contributed by atoms with E-state index in [2.05, 4.69) is 20.5 Å². The van der Waals surface area contributed by atoms with Gasteiger partial charge in [-0.25, -0.2) is 4.98 Å². The lowest BCUT2D eigenvalue weighted by Crippen LogP contribution is -2.47. The number of halogens is 1. The molecule has 0 spiro atoms. The zero-order valence-corrected chi connectivity index (χ0v) is 19.1. The lowest BCUT2D eigenvalue weighted by Gasteiger charge is -2.34. The second-order valence-corrected chi connectivity index (χ2v) is 8.39. The van der Waals surface area contributed by atoms with Crippen LogP contribution in [0.3, 0.4) is 0 Å². The Bertz CT molecular complexity index is 941. The van der Waals surface area contributed by atoms with Gasteiger partial charge in [0.15, 0.2) is 0 Å². The van der Waals surface area contributed by atoms with Crippen molar-refractivity contribution in [1.82, 2.24) is 9.88 Å². The third-order valence-corrected chi connectivity index (χ3v) is 6.14. The fourth-order valence-electron chi connectivity index (χ4n) is 3.65. The van der Waals surface area contributed by atoms with E-state index in [1.54, 1.807) is 19.4 Å². The van der Waals surface area contributed by atoms with E-state index >= 15 is 0 Å². The standard InChI is InChI=1S/C23H29ClN4O3/c1-14-5-6-21(25-13-14)27-23(30)17-7-9-28(10-8-17)16(3)22(29)26-19-11-15(2)18(24)12-20(19)31-4/h5-6,11-13,16-17H,7-10H2,1-4H3,(H,26,29)(H,25,27,30). The van der Waals surface area contributed by atoms with Gasteiger partial charge >= 0.3 is 0 Å². The van der Waals surface area contributed by atoms with Crippen molar-refractivity contribution in [1.29, 1.82) is 0 Å². The fourth-order valence-corrected chi connectivity index (χ4v) is 3.81. The van der Waals surface area contributed by atoms with Gasteiger partial charge in [-0.15, -0.1) is 0 Å². The maximum absolute atomic E-state index is 12.8. The molecular formula is C23H29ClN4O3. The summed E-state index contributed by atoms with van der Waals surface area (Å²) in [6.07, 6.45) is 3.12. The Labute approximate surface area is 188 Å². The van der Waals surface area contributed by atoms with Crippen molar-refractivity contribution in [3.05, 3.63) is 46.6 Å². The number of amides is 2. The van der Waals surface area contributed by atoms with Crippen LogP contribution in [0.15, 0.2) is 30.5 Å². The van der Waals surface area contributed by atoms with E-state index in [4.69, 9.17) is 16.3 Å². The van der Waals surface area contributed by atoms with Crippen LogP contribution in [0.25, 0.3) is 0 Å². The zero-order chi connectivity index (χ0) is 22.5. The highest BCUT2D eigenvalue weighted by molar-refractivity contribution is 6.31. The summed E-state index contributed by atoms with van der Waals surface area (Å²) in [5.41, 5.74) is 2.51. The molecule has 1 aromatic heterocycles. The molecule has 2 aromatic rings. The summed E-state index contributed by atoms with van der Waals surface area (Å²) in [6.45, 7) is 7.05. The van der Waals surface area contributed by atoms with Crippen molar-refractivity contribution >= 4 is 34.9 Å². The third kappa shape index (κ3) is 5.74. The van der Waals surface area contributed by atoms with E-state index in [0.717, 1.165) is 11.1 Å². The molecule has 1 saturated heterocycles. The van der Waals surface area contributed by atoms with Crippen LogP contribution in [-0.4, -0.2) is 47.9 Å². The highest BCUT2D eigenvalue weighted by atomic mass is 35.5. The van der Waals surface area contributed by atoms with Gasteiger partial charge < -0.3 is 15.4 Å². The predicted octanol–water partition coefficient (Wildman–Crippen LogP) is 4.04. The number of rotatable bonds is 6. The topological polar surface area (TPSA) is 83.6 Å². The Morgan fingerprint density at radius 3 is 2.52 bits per heavy atom. The normalized spacial score (nSPS) is 15.9. The first kappa shape index (κ1) is 23.0. The fraction of sp³-hybridized carbons (Fsp3) is 0.435. The van der Waals surface area contributed by atoms with Crippen LogP contribution in [0.1, 0.15) is 30.9 Å². The molecule has 2 amide bonds. The Kier molecular flexibility index (Phi) is 7.51. The van der Waals surface area contributed by atoms with Gasteiger partial charge in [0, 0.05) is 23.2 Å². The second kappa shape index (κ2) is 10.1. The number of nitrogens with zero attached hydrogens (tertiary/aromatic N) is 2. The van der Waals surface area contributed by atoms with Gasteiger partial charge in [-0.2, -0.15) is 0 Å². The first-order valence-corrected chi connectivity index (χ1v) is 10.8. The molecule has 1 aliphatic heterocycles. The quantitative estimate of drug-likeness (QED) is 0.702. The van der Waals surface area contributed by atoms with Gasteiger partial charge in [0.2, 0.25) is 11.8 Å². The van der Waals surface area contributed by atoms with Crippen molar-refractivity contribution in [3.63, 3.8) is 0 Å². The van der Waals surface area contributed by atoms with Crippen molar-refractivity contribution in [2.75, 3.05) is 30.8 Å². The van der Waals surface area contributed by atoms with E-state index in [1.807, 2.05) is 39.0 Å². The number of nitrogens with one attached hydrogen (secondary N) is 2. The highest BCUT2D eigenvalue weighted by Crippen LogP contribution is 2.31. The molecule has 1 aliphatic rings. The van der Waals surface area contributed by atoms with Crippen LogP contribution in [0, 0.1) is 19.8 Å². The van der Waals surface area contributed by atoms with Gasteiger partial charge in [0.25, 0.3) is 0 Å². The summed E-state index contributed by atoms with van der Waals surface area (Å²) in [7, 11) is 1.54. The molecule has 1 unspecified atom stereocenters. The van der Waals surface area contributed by atoms with Crippen LogP contribution >= 0.6 is 11.6 Å². The smallest absolute Gasteiger partial charge is 0.241 e. The lowest BCUT2D eigenvalue weighted by molar-refractivity contribution is -0.123. The number of pyridine rings is 1. The minimum absolute atomic E-state index is 0.0190. The molecule has 1 fully saturated rings. The van der Waals surface area contributed by atoms with Crippen molar-refractivity contribution in [2.45, 2.75) is 39.7 Å². The maximum atomic E-state index is 12.8. The van der Waals surface area contributed by atoms with Crippen molar-refractivity contribution in [3.8, 4) is 5.75 Å². The number of anilines is 2. The van der Waals surface area contributed by atoms with Gasteiger partial charge in [-0.05, 0) is 70.0 Å². The Morgan fingerprint density at radius 1 is 1.19 bits per heavy atom. The average Bonchev–Trinajstić information content (AvgIpc) is 2.77. The number of carbonyl (C=O) groups excluding carboxylic acids is 2. The number of aryl methyl sites for hydroxylation is 2. The van der Waals surface area contributed by atoms with E-state index in [9.17, 15) is 9.59 Å². The molecule has 2 heterocycles. The number of methoxy groups -OCH3 is 1. The number of benzene rings is 1. The molecule has 31 heavy (non-hydrogen) atoms. The van der Waals surface area contributed by atoms with Gasteiger partial charge in [0.1, 0.15) is 11.6 Å². The molecule has 0 bridgehead atoms. The van der Waals surface area contributed by atoms with E-state index in [0.29, 0.717) is 48.2 Å². The SMILES string of the molecule is COc1cc(Cl)c(C)cc1NC(=O)C(C)N1CCC(C(=O)Nc2ccc(C)cn2)CC1. The van der Waals surface area contributed by atoms with E-state index in [-0.39, 0.29) is 23.8 Å². The Hall–Kier alpha value is -2.64. The minimum atomic E-state index is -0.330. The summed E-state index contributed by atoms with van der Waals surface area (Å²) in [4.78, 5) is 31.7. The molecule has 0 radical (unpaired) electrons. The second-order valence-electron chi connectivity index (χ2n) is 7.99. The average molecular weight is 445 g/mol. The summed E-state index contributed by atoms with van der Waals surface area (Å²) in [5.74, 6) is 0.865. The molecule has 7 nitrogen and oxygen atoms in total. The number of aromatic nitrogens is 1. The van der Waals surface area contributed by atoms with E-state index < -0.39 is 0 Å². The number of ether oxygens (including phenoxy) is 1. The monoisotopic (exact) mass is 444 g/mol. The maximum Gasteiger partial charge on any atom is 0.241 e. The lowest BCUT2D eigenvalue weighted by atomic mass is 9.95. The van der Waals surface area contributed by atoms with Crippen molar-refractivity contribution in [2.24, 2.45) is 5.92 Å². The molecule has 1 aromatic carbocycles. The van der Waals surface area contributed by atoms with Crippen LogP contribution in [0.5, 0.6) is 5.75 Å². The number of hydrogen-bond acceptors (Lipinski definition) is 5. The number of likely N-dealkylation sites (tertiary alicyclic amines) is 1. The molecule has 8 heteroatoms. The predicted molar refractivity (Wildman–Crippen MR) is 123 cm³/mol. The molecule has 1 atom stereocenters. The molecule has 2 N–H and O–H groups in total. The molecule has 166 valence electrons. The van der Waals surface area contributed by atoms with E-state index in [1.165, 1.54) is 0 Å². The zero-order valence-electron chi connectivity index (χ0n) is 18.4. The first-order chi connectivity index (χ1) is 14.8. The van der Waals surface area contributed by atoms with Crippen LogP contribution in [-0.2, 0) is 9.59 Å². The Morgan fingerprint density at radius 2 is 1.90 bits per heavy atom. The van der Waals surface area contributed by atoms with Gasteiger partial charge in [0.05, 0.1) is 18.8 Å². The van der Waals surface area contributed by atoms with Gasteiger partial charge in [-0.1, -0.05) is 17.7 Å². The molecular weight excluding hydrogens is 416 g/mol. The van der Waals surface area contributed by atoms with Crippen molar-refractivity contribution < 1.29 is 14.3 Å². The first-order valence-electron chi connectivity index (χ1n) is 10.4. The van der Waals surface area contributed by atoms with Gasteiger partial charge in [-0.3, -0.25) is 14.5 Å². The largest absolute Gasteiger partial charge is 0.495 e. The molecule has 0 aliphatic carbocycles. The summed E-state index contributed by atoms with van der Waals surface area (Å²) in [6, 6.07) is 6.90. The molecule has 0 saturated carbocycles. The number of carbonyl (C=O) groups is 2. The van der Waals surface area contributed by atoms with Crippen LogP contribution < -0.4 is 15.4 Å². The highest BCUT2D eigenvalue weighted by Gasteiger charge is 2.30. The number of hydrogen-bond donors (Lipinski definition) is 2. The van der Waals surface area contributed by atoms with Crippen LogP contribution in [0.4, 0.5) is 11.5 Å². The Balaban J connectivity index is 1.54.